The van der Waals surface area contributed by atoms with E-state index in [9.17, 15) is 25.2 Å². The molecule has 0 bridgehead atoms. The average Bonchev–Trinajstić information content (AvgIpc) is 3.06. The van der Waals surface area contributed by atoms with Gasteiger partial charge < -0.3 is 25.2 Å². The van der Waals surface area contributed by atoms with Gasteiger partial charge in [0, 0.05) is 12.8 Å². The second-order valence-corrected chi connectivity index (χ2v) is 13.8. The summed E-state index contributed by atoms with van der Waals surface area (Å²) >= 11 is 0. The van der Waals surface area contributed by atoms with E-state index in [2.05, 4.69) is 53.7 Å². The third-order valence-corrected chi connectivity index (χ3v) is 11.4. The predicted octanol–water partition coefficient (Wildman–Crippen LogP) is 3.94. The predicted molar refractivity (Wildman–Crippen MR) is 139 cm³/mol. The maximum absolute atomic E-state index is 12.2. The highest BCUT2D eigenvalue weighted by molar-refractivity contribution is 5.66. The molecule has 4 saturated carbocycles. The standard InChI is InChI=1S/C30H50O6/c1-15(2)16(3)8-9-17(4)25-23(36-18(5)31)13-20-24-26(22(33)14-30(20,25)7)29(6)11-10-19(32)12-21(29)27(34)28(24)35/h8-9,15-17,19-28,32-35H,10-14H2,1-7H3. The van der Waals surface area contributed by atoms with Crippen molar-refractivity contribution in [3.63, 3.8) is 0 Å². The molecule has 0 spiro atoms. The molecule has 36 heavy (non-hydrogen) atoms. The fraction of sp³-hybridized carbons (Fsp3) is 0.900. The van der Waals surface area contributed by atoms with Gasteiger partial charge >= 0.3 is 5.97 Å². The number of esters is 1. The van der Waals surface area contributed by atoms with E-state index in [1.165, 1.54) is 6.92 Å². The van der Waals surface area contributed by atoms with Crippen LogP contribution in [0.2, 0.25) is 0 Å². The van der Waals surface area contributed by atoms with Gasteiger partial charge in [-0.25, -0.2) is 0 Å². The van der Waals surface area contributed by atoms with Gasteiger partial charge in [0.15, 0.2) is 0 Å². The van der Waals surface area contributed by atoms with E-state index in [0.717, 1.165) is 6.42 Å². The van der Waals surface area contributed by atoms with Gasteiger partial charge in [0.1, 0.15) is 6.10 Å². The zero-order valence-corrected chi connectivity index (χ0v) is 23.3. The molecule has 14 atom stereocenters. The number of carbonyl (C=O) groups is 1. The fourth-order valence-corrected chi connectivity index (χ4v) is 9.35. The lowest BCUT2D eigenvalue weighted by atomic mass is 9.42. The smallest absolute Gasteiger partial charge is 0.302 e. The zero-order chi connectivity index (χ0) is 26.7. The lowest BCUT2D eigenvalue weighted by Gasteiger charge is -2.64. The fourth-order valence-electron chi connectivity index (χ4n) is 9.35. The van der Waals surface area contributed by atoms with E-state index in [1.54, 1.807) is 0 Å². The molecular formula is C30H50O6. The van der Waals surface area contributed by atoms with Crippen molar-refractivity contribution < 1.29 is 30.0 Å². The zero-order valence-electron chi connectivity index (χ0n) is 23.3. The first-order chi connectivity index (χ1) is 16.7. The van der Waals surface area contributed by atoms with Gasteiger partial charge in [-0.15, -0.1) is 0 Å². The molecule has 0 aromatic rings. The van der Waals surface area contributed by atoms with E-state index >= 15 is 0 Å². The Hall–Kier alpha value is -0.950. The summed E-state index contributed by atoms with van der Waals surface area (Å²) in [6.07, 6.45) is 4.30. The highest BCUT2D eigenvalue weighted by Gasteiger charge is 2.69. The number of rotatable bonds is 5. The quantitative estimate of drug-likeness (QED) is 0.332. The maximum Gasteiger partial charge on any atom is 0.302 e. The molecule has 6 nitrogen and oxygen atoms in total. The van der Waals surface area contributed by atoms with Crippen molar-refractivity contribution in [2.45, 2.75) is 111 Å². The van der Waals surface area contributed by atoms with Crippen molar-refractivity contribution in [2.24, 2.45) is 58.2 Å². The summed E-state index contributed by atoms with van der Waals surface area (Å²) in [6, 6.07) is 0. The van der Waals surface area contributed by atoms with Crippen LogP contribution in [0.1, 0.15) is 80.6 Å². The van der Waals surface area contributed by atoms with Gasteiger partial charge in [-0.2, -0.15) is 0 Å². The third-order valence-electron chi connectivity index (χ3n) is 11.4. The van der Waals surface area contributed by atoms with Crippen LogP contribution in [0.3, 0.4) is 0 Å². The van der Waals surface area contributed by atoms with E-state index < -0.39 is 24.4 Å². The molecule has 4 N–H and O–H groups in total. The second kappa shape index (κ2) is 9.98. The summed E-state index contributed by atoms with van der Waals surface area (Å²) in [4.78, 5) is 12.2. The number of aliphatic hydroxyl groups is 4. The summed E-state index contributed by atoms with van der Waals surface area (Å²) in [5, 5.41) is 45.0. The average molecular weight is 507 g/mol. The van der Waals surface area contributed by atoms with Crippen LogP contribution in [0.25, 0.3) is 0 Å². The summed E-state index contributed by atoms with van der Waals surface area (Å²) in [5.74, 6) is 0.157. The van der Waals surface area contributed by atoms with Gasteiger partial charge in [0.05, 0.1) is 24.4 Å². The Morgan fingerprint density at radius 3 is 2.22 bits per heavy atom. The number of hydrogen-bond donors (Lipinski definition) is 4. The molecule has 4 rings (SSSR count). The highest BCUT2D eigenvalue weighted by atomic mass is 16.5. The monoisotopic (exact) mass is 506 g/mol. The van der Waals surface area contributed by atoms with Crippen molar-refractivity contribution in [1.82, 2.24) is 0 Å². The van der Waals surface area contributed by atoms with Crippen molar-refractivity contribution in [3.05, 3.63) is 12.2 Å². The summed E-state index contributed by atoms with van der Waals surface area (Å²) in [6.45, 7) is 14.6. The Morgan fingerprint density at radius 2 is 1.61 bits per heavy atom. The molecule has 6 heteroatoms. The van der Waals surface area contributed by atoms with Crippen LogP contribution in [0.5, 0.6) is 0 Å². The SMILES string of the molecule is CC(=O)OC1CC2C3C(O)C(O)C4CC(O)CCC4(C)C3C(O)CC2(C)C1C(C)C=CC(C)C(C)C. The molecular weight excluding hydrogens is 456 g/mol. The first-order valence-electron chi connectivity index (χ1n) is 14.3. The van der Waals surface area contributed by atoms with Crippen molar-refractivity contribution in [2.75, 3.05) is 0 Å². The molecule has 14 unspecified atom stereocenters. The number of ether oxygens (including phenoxy) is 1. The number of allylic oxidation sites excluding steroid dienone is 2. The van der Waals surface area contributed by atoms with Crippen molar-refractivity contribution >= 4 is 5.97 Å². The first-order valence-corrected chi connectivity index (χ1v) is 14.3. The summed E-state index contributed by atoms with van der Waals surface area (Å²) in [5.41, 5.74) is -0.694. The minimum Gasteiger partial charge on any atom is -0.462 e. The molecule has 4 aliphatic rings. The Bertz CT molecular complexity index is 841. The molecule has 0 heterocycles. The summed E-state index contributed by atoms with van der Waals surface area (Å²) in [7, 11) is 0. The van der Waals surface area contributed by atoms with Gasteiger partial charge in [-0.1, -0.05) is 53.7 Å². The molecule has 206 valence electrons. The minimum atomic E-state index is -0.971. The molecule has 0 radical (unpaired) electrons. The second-order valence-electron chi connectivity index (χ2n) is 13.8. The molecule has 0 amide bonds. The lowest BCUT2D eigenvalue weighted by Crippen LogP contribution is -2.67. The number of carbonyl (C=O) groups excluding carboxylic acids is 1. The van der Waals surface area contributed by atoms with E-state index in [-0.39, 0.29) is 58.4 Å². The van der Waals surface area contributed by atoms with Crippen molar-refractivity contribution in [1.29, 1.82) is 0 Å². The Kier molecular flexibility index (Phi) is 7.78. The molecule has 0 saturated heterocycles. The normalized spacial score (nSPS) is 50.3. The maximum atomic E-state index is 12.2. The van der Waals surface area contributed by atoms with E-state index in [1.807, 2.05) is 0 Å². The molecule has 0 aliphatic heterocycles. The van der Waals surface area contributed by atoms with Crippen LogP contribution in [-0.2, 0) is 9.53 Å². The van der Waals surface area contributed by atoms with Crippen LogP contribution in [0.4, 0.5) is 0 Å². The number of hydrogen-bond acceptors (Lipinski definition) is 6. The minimum absolute atomic E-state index is 0.0145. The van der Waals surface area contributed by atoms with Crippen molar-refractivity contribution in [3.8, 4) is 0 Å². The Morgan fingerprint density at radius 1 is 0.944 bits per heavy atom. The number of aliphatic hydroxyl groups excluding tert-OH is 4. The van der Waals surface area contributed by atoms with Gasteiger partial charge in [0.25, 0.3) is 0 Å². The largest absolute Gasteiger partial charge is 0.462 e. The van der Waals surface area contributed by atoms with Crippen LogP contribution >= 0.6 is 0 Å². The molecule has 0 aromatic carbocycles. The van der Waals surface area contributed by atoms with Gasteiger partial charge in [-0.3, -0.25) is 4.79 Å². The van der Waals surface area contributed by atoms with Crippen LogP contribution < -0.4 is 0 Å². The number of fused-ring (bicyclic) bond motifs is 5. The molecule has 4 aliphatic carbocycles. The van der Waals surface area contributed by atoms with Crippen LogP contribution in [0.15, 0.2) is 12.2 Å². The first kappa shape index (κ1) is 28.1. The molecule has 0 aromatic heterocycles. The van der Waals surface area contributed by atoms with Crippen LogP contribution in [-0.4, -0.2) is 56.9 Å². The lowest BCUT2D eigenvalue weighted by molar-refractivity contribution is -0.249. The third kappa shape index (κ3) is 4.48. The van der Waals surface area contributed by atoms with Crippen LogP contribution in [0, 0.1) is 58.2 Å². The van der Waals surface area contributed by atoms with E-state index in [0.29, 0.717) is 37.5 Å². The molecule has 4 fully saturated rings. The van der Waals surface area contributed by atoms with E-state index in [4.69, 9.17) is 4.74 Å². The Balaban J connectivity index is 1.72. The van der Waals surface area contributed by atoms with Gasteiger partial charge in [-0.05, 0) is 84.4 Å². The Labute approximate surface area is 217 Å². The highest BCUT2D eigenvalue weighted by Crippen LogP contribution is 2.68. The topological polar surface area (TPSA) is 107 Å². The summed E-state index contributed by atoms with van der Waals surface area (Å²) < 4.78 is 5.95. The van der Waals surface area contributed by atoms with Gasteiger partial charge in [0.2, 0.25) is 0 Å².